The van der Waals surface area contributed by atoms with Crippen LogP contribution >= 0.6 is 0 Å². The minimum Gasteiger partial charge on any atom is -0.330 e. The highest BCUT2D eigenvalue weighted by atomic mass is 16.1. The molecule has 0 bridgehead atoms. The molecule has 0 aromatic heterocycles. The molecule has 0 aliphatic heterocycles. The summed E-state index contributed by atoms with van der Waals surface area (Å²) in [4.78, 5) is 11.7. The van der Waals surface area contributed by atoms with Gasteiger partial charge in [-0.15, -0.1) is 0 Å². The molecule has 0 saturated heterocycles. The monoisotopic (exact) mass is 233 g/mol. The number of carbonyl (C=O) groups is 1. The maximum absolute atomic E-state index is 11.7. The third kappa shape index (κ3) is 6.22. The molecule has 2 N–H and O–H groups in total. The van der Waals surface area contributed by atoms with Gasteiger partial charge in [0.15, 0.2) is 0 Å². The van der Waals surface area contributed by atoms with E-state index in [0.717, 1.165) is 25.8 Å². The van der Waals surface area contributed by atoms with Gasteiger partial charge in [-0.3, -0.25) is 4.79 Å². The molecule has 0 radical (unpaired) electrons. The topological polar surface area (TPSA) is 43.1 Å². The van der Waals surface area contributed by atoms with Crippen LogP contribution in [-0.2, 0) is 11.2 Å². The fourth-order valence-corrected chi connectivity index (χ4v) is 1.89. The number of carbonyl (C=O) groups excluding carboxylic acids is 1. The molecule has 2 heteroatoms. The molecule has 94 valence electrons. The van der Waals surface area contributed by atoms with Crippen LogP contribution in [0.1, 0.15) is 38.2 Å². The summed E-state index contributed by atoms with van der Waals surface area (Å²) in [6, 6.07) is 10.2. The lowest BCUT2D eigenvalue weighted by molar-refractivity contribution is -0.119. The predicted molar refractivity (Wildman–Crippen MR) is 71.8 cm³/mol. The molecule has 0 amide bonds. The van der Waals surface area contributed by atoms with Gasteiger partial charge in [0, 0.05) is 12.8 Å². The van der Waals surface area contributed by atoms with Gasteiger partial charge in [-0.2, -0.15) is 0 Å². The van der Waals surface area contributed by atoms with Gasteiger partial charge in [-0.25, -0.2) is 0 Å². The summed E-state index contributed by atoms with van der Waals surface area (Å²) in [6.07, 6.45) is 4.23. The highest BCUT2D eigenvalue weighted by Gasteiger charge is 2.06. The predicted octanol–water partition coefficient (Wildman–Crippen LogP) is 2.95. The quantitative estimate of drug-likeness (QED) is 0.750. The SMILES string of the molecule is CC(CCN)CCC(=O)CCc1ccccc1. The minimum absolute atomic E-state index is 0.373. The van der Waals surface area contributed by atoms with Crippen LogP contribution in [0.5, 0.6) is 0 Å². The van der Waals surface area contributed by atoms with Gasteiger partial charge in [0.1, 0.15) is 5.78 Å². The first kappa shape index (κ1) is 13.9. The average molecular weight is 233 g/mol. The van der Waals surface area contributed by atoms with Gasteiger partial charge in [-0.05, 0) is 37.3 Å². The van der Waals surface area contributed by atoms with Crippen molar-refractivity contribution >= 4 is 5.78 Å². The smallest absolute Gasteiger partial charge is 0.133 e. The van der Waals surface area contributed by atoms with Crippen molar-refractivity contribution in [3.8, 4) is 0 Å². The lowest BCUT2D eigenvalue weighted by Crippen LogP contribution is -2.08. The molecule has 0 heterocycles. The van der Waals surface area contributed by atoms with Crippen molar-refractivity contribution in [2.24, 2.45) is 11.7 Å². The number of nitrogens with two attached hydrogens (primary N) is 1. The van der Waals surface area contributed by atoms with Crippen molar-refractivity contribution in [1.29, 1.82) is 0 Å². The lowest BCUT2D eigenvalue weighted by atomic mass is 9.98. The number of hydrogen-bond acceptors (Lipinski definition) is 2. The Morgan fingerprint density at radius 3 is 2.53 bits per heavy atom. The maximum Gasteiger partial charge on any atom is 0.133 e. The van der Waals surface area contributed by atoms with Crippen molar-refractivity contribution in [2.45, 2.75) is 39.0 Å². The molecule has 0 spiro atoms. The second-order valence-corrected chi connectivity index (χ2v) is 4.75. The van der Waals surface area contributed by atoms with Gasteiger partial charge in [-0.1, -0.05) is 37.3 Å². The molecule has 0 saturated carbocycles. The van der Waals surface area contributed by atoms with Crippen molar-refractivity contribution in [3.05, 3.63) is 35.9 Å². The summed E-state index contributed by atoms with van der Waals surface area (Å²) < 4.78 is 0. The van der Waals surface area contributed by atoms with Gasteiger partial charge >= 0.3 is 0 Å². The first-order valence-corrected chi connectivity index (χ1v) is 6.48. The Morgan fingerprint density at radius 1 is 1.18 bits per heavy atom. The number of Topliss-reactive ketones (excluding diaryl/α,β-unsaturated/α-hetero) is 1. The van der Waals surface area contributed by atoms with Crippen LogP contribution in [0.15, 0.2) is 30.3 Å². The standard InChI is InChI=1S/C15H23NO/c1-13(11-12-16)7-9-15(17)10-8-14-5-3-2-4-6-14/h2-6,13H,7-12,16H2,1H3. The zero-order valence-electron chi connectivity index (χ0n) is 10.7. The number of aryl methyl sites for hydroxylation is 1. The molecule has 2 nitrogen and oxygen atoms in total. The molecule has 0 fully saturated rings. The summed E-state index contributed by atoms with van der Waals surface area (Å²) in [5.41, 5.74) is 6.73. The van der Waals surface area contributed by atoms with Crippen LogP contribution < -0.4 is 5.73 Å². The van der Waals surface area contributed by atoms with E-state index in [4.69, 9.17) is 5.73 Å². The van der Waals surface area contributed by atoms with Crippen LogP contribution in [-0.4, -0.2) is 12.3 Å². The Kier molecular flexibility index (Phi) is 6.56. The minimum atomic E-state index is 0.373. The zero-order valence-corrected chi connectivity index (χ0v) is 10.7. The van der Waals surface area contributed by atoms with Crippen molar-refractivity contribution in [3.63, 3.8) is 0 Å². The average Bonchev–Trinajstić information content (AvgIpc) is 2.35. The van der Waals surface area contributed by atoms with Gasteiger partial charge in [0.2, 0.25) is 0 Å². The molecular formula is C15H23NO. The Morgan fingerprint density at radius 2 is 1.88 bits per heavy atom. The lowest BCUT2D eigenvalue weighted by Gasteiger charge is -2.08. The summed E-state index contributed by atoms with van der Waals surface area (Å²) in [6.45, 7) is 2.89. The van der Waals surface area contributed by atoms with Gasteiger partial charge in [0.25, 0.3) is 0 Å². The molecule has 1 unspecified atom stereocenters. The Hall–Kier alpha value is -1.15. The van der Waals surface area contributed by atoms with E-state index in [9.17, 15) is 4.79 Å². The largest absolute Gasteiger partial charge is 0.330 e. The molecule has 1 rings (SSSR count). The fourth-order valence-electron chi connectivity index (χ4n) is 1.89. The highest BCUT2D eigenvalue weighted by Crippen LogP contribution is 2.11. The molecular weight excluding hydrogens is 210 g/mol. The molecule has 17 heavy (non-hydrogen) atoms. The molecule has 1 aromatic carbocycles. The van der Waals surface area contributed by atoms with E-state index in [-0.39, 0.29) is 0 Å². The molecule has 1 atom stereocenters. The molecule has 1 aromatic rings. The number of ketones is 1. The van der Waals surface area contributed by atoms with Crippen LogP contribution in [0.4, 0.5) is 0 Å². The van der Waals surface area contributed by atoms with Crippen LogP contribution in [0.2, 0.25) is 0 Å². The fraction of sp³-hybridized carbons (Fsp3) is 0.533. The maximum atomic E-state index is 11.7. The summed E-state index contributed by atoms with van der Waals surface area (Å²) in [7, 11) is 0. The van der Waals surface area contributed by atoms with E-state index in [1.54, 1.807) is 0 Å². The normalized spacial score (nSPS) is 12.4. The van der Waals surface area contributed by atoms with Gasteiger partial charge < -0.3 is 5.73 Å². The zero-order chi connectivity index (χ0) is 12.5. The van der Waals surface area contributed by atoms with Crippen molar-refractivity contribution in [1.82, 2.24) is 0 Å². The van der Waals surface area contributed by atoms with E-state index in [1.807, 2.05) is 18.2 Å². The second kappa shape index (κ2) is 8.02. The Balaban J connectivity index is 2.17. The third-order valence-corrected chi connectivity index (χ3v) is 3.11. The Bertz CT molecular complexity index is 321. The van der Waals surface area contributed by atoms with E-state index in [1.165, 1.54) is 5.56 Å². The van der Waals surface area contributed by atoms with Crippen LogP contribution in [0.25, 0.3) is 0 Å². The van der Waals surface area contributed by atoms with Crippen molar-refractivity contribution in [2.75, 3.05) is 6.54 Å². The van der Waals surface area contributed by atoms with E-state index in [2.05, 4.69) is 19.1 Å². The van der Waals surface area contributed by atoms with E-state index < -0.39 is 0 Å². The first-order chi connectivity index (χ1) is 8.22. The van der Waals surface area contributed by atoms with Crippen LogP contribution in [0.3, 0.4) is 0 Å². The summed E-state index contributed by atoms with van der Waals surface area (Å²) in [5.74, 6) is 0.943. The van der Waals surface area contributed by atoms with Crippen molar-refractivity contribution < 1.29 is 4.79 Å². The van der Waals surface area contributed by atoms with Gasteiger partial charge in [0.05, 0.1) is 0 Å². The van der Waals surface area contributed by atoms with E-state index >= 15 is 0 Å². The van der Waals surface area contributed by atoms with E-state index in [0.29, 0.717) is 24.5 Å². The molecule has 0 aliphatic rings. The van der Waals surface area contributed by atoms with Crippen LogP contribution in [0, 0.1) is 5.92 Å². The summed E-state index contributed by atoms with van der Waals surface area (Å²) >= 11 is 0. The Labute approximate surface area is 104 Å². The number of rotatable bonds is 8. The highest BCUT2D eigenvalue weighted by molar-refractivity contribution is 5.78. The second-order valence-electron chi connectivity index (χ2n) is 4.75. The summed E-state index contributed by atoms with van der Waals surface area (Å²) in [5, 5.41) is 0. The number of hydrogen-bond donors (Lipinski definition) is 1. The third-order valence-electron chi connectivity index (χ3n) is 3.11. The molecule has 0 aliphatic carbocycles. The number of benzene rings is 1. The first-order valence-electron chi connectivity index (χ1n) is 6.48.